The van der Waals surface area contributed by atoms with E-state index in [0.717, 1.165) is 48.1 Å². The van der Waals surface area contributed by atoms with Crippen molar-refractivity contribution in [3.05, 3.63) is 54.6 Å². The van der Waals surface area contributed by atoms with E-state index in [-0.39, 0.29) is 18.5 Å². The van der Waals surface area contributed by atoms with Crippen LogP contribution in [0.25, 0.3) is 10.9 Å². The number of aliphatic hydroxyl groups is 1. The van der Waals surface area contributed by atoms with E-state index in [1.54, 1.807) is 0 Å². The van der Waals surface area contributed by atoms with Gasteiger partial charge in [-0.25, -0.2) is 4.98 Å². The minimum atomic E-state index is -0.161. The second-order valence-electron chi connectivity index (χ2n) is 6.55. The summed E-state index contributed by atoms with van der Waals surface area (Å²) >= 11 is 0. The lowest BCUT2D eigenvalue weighted by atomic mass is 9.93. The Morgan fingerprint density at radius 1 is 0.846 bits per heavy atom. The summed E-state index contributed by atoms with van der Waals surface area (Å²) in [6.07, 6.45) is 3.39. The summed E-state index contributed by atoms with van der Waals surface area (Å²) in [5, 5.41) is 17.5. The molecule has 3 aromatic rings. The molecular formula is C20H23ClN4O. The predicted molar refractivity (Wildman–Crippen MR) is 108 cm³/mol. The average molecular weight is 371 g/mol. The first-order valence-electron chi connectivity index (χ1n) is 8.81. The molecule has 26 heavy (non-hydrogen) atoms. The Kier molecular flexibility index (Phi) is 5.91. The molecule has 1 aliphatic carbocycles. The molecule has 1 heterocycles. The number of hydrogen-bond acceptors (Lipinski definition) is 5. The van der Waals surface area contributed by atoms with Gasteiger partial charge in [0.25, 0.3) is 0 Å². The van der Waals surface area contributed by atoms with E-state index in [2.05, 4.69) is 15.6 Å². The van der Waals surface area contributed by atoms with Gasteiger partial charge in [0.1, 0.15) is 5.82 Å². The molecule has 0 saturated heterocycles. The number of rotatable bonds is 4. The fourth-order valence-electron chi connectivity index (χ4n) is 3.30. The number of hydrogen-bond donors (Lipinski definition) is 3. The Morgan fingerprint density at radius 2 is 1.54 bits per heavy atom. The summed E-state index contributed by atoms with van der Waals surface area (Å²) < 4.78 is 0. The maximum absolute atomic E-state index is 9.67. The quantitative estimate of drug-likeness (QED) is 0.630. The molecule has 3 N–H and O–H groups in total. The number of halogens is 1. The van der Waals surface area contributed by atoms with E-state index < -0.39 is 0 Å². The van der Waals surface area contributed by atoms with Crippen LogP contribution in [0.15, 0.2) is 54.6 Å². The third-order valence-corrected chi connectivity index (χ3v) is 4.67. The Hall–Kier alpha value is -2.37. The first-order chi connectivity index (χ1) is 12.3. The van der Waals surface area contributed by atoms with Crippen molar-refractivity contribution in [2.45, 2.75) is 37.8 Å². The number of fused-ring (bicyclic) bond motifs is 1. The van der Waals surface area contributed by atoms with E-state index in [1.165, 1.54) is 0 Å². The zero-order chi connectivity index (χ0) is 17.1. The van der Waals surface area contributed by atoms with Crippen molar-refractivity contribution in [2.75, 3.05) is 10.6 Å². The van der Waals surface area contributed by atoms with Crippen LogP contribution in [-0.4, -0.2) is 27.2 Å². The van der Waals surface area contributed by atoms with E-state index in [0.29, 0.717) is 12.0 Å². The Morgan fingerprint density at radius 3 is 2.31 bits per heavy atom. The van der Waals surface area contributed by atoms with Crippen molar-refractivity contribution < 1.29 is 5.11 Å². The van der Waals surface area contributed by atoms with Crippen molar-refractivity contribution >= 4 is 40.8 Å². The zero-order valence-corrected chi connectivity index (χ0v) is 15.2. The molecule has 0 aliphatic heterocycles. The normalized spacial score (nSPS) is 19.6. The van der Waals surface area contributed by atoms with E-state index in [4.69, 9.17) is 4.98 Å². The molecule has 1 aliphatic rings. The van der Waals surface area contributed by atoms with E-state index in [9.17, 15) is 5.11 Å². The van der Waals surface area contributed by atoms with Gasteiger partial charge in [0.2, 0.25) is 5.95 Å². The second kappa shape index (κ2) is 8.34. The molecule has 0 amide bonds. The van der Waals surface area contributed by atoms with Crippen LogP contribution in [0.5, 0.6) is 0 Å². The van der Waals surface area contributed by atoms with Crippen molar-refractivity contribution in [3.8, 4) is 0 Å². The molecular weight excluding hydrogens is 348 g/mol. The molecule has 0 atom stereocenters. The summed E-state index contributed by atoms with van der Waals surface area (Å²) in [7, 11) is 0. The van der Waals surface area contributed by atoms with Gasteiger partial charge in [-0.15, -0.1) is 12.4 Å². The number of anilines is 3. The molecule has 0 bridgehead atoms. The number of aliphatic hydroxyl groups excluding tert-OH is 1. The van der Waals surface area contributed by atoms with Gasteiger partial charge in [0.15, 0.2) is 0 Å². The number of aromatic nitrogens is 2. The smallest absolute Gasteiger partial charge is 0.225 e. The Balaban J connectivity index is 0.00000196. The van der Waals surface area contributed by atoms with Gasteiger partial charge in [0, 0.05) is 17.1 Å². The molecule has 136 valence electrons. The summed E-state index contributed by atoms with van der Waals surface area (Å²) in [5.41, 5.74) is 1.91. The number of benzene rings is 2. The first kappa shape index (κ1) is 18.4. The molecule has 1 saturated carbocycles. The highest BCUT2D eigenvalue weighted by Gasteiger charge is 2.20. The van der Waals surface area contributed by atoms with Crippen LogP contribution in [0, 0.1) is 0 Å². The standard InChI is InChI=1S/C20H22N4O.ClH/c25-16-12-10-15(11-13-16)22-20-23-18-9-5-4-8-17(18)19(24-20)21-14-6-2-1-3-7-14;/h1-9,15-16,25H,10-13H2,(H2,21,22,23,24);1H. The lowest BCUT2D eigenvalue weighted by Gasteiger charge is -2.26. The SMILES string of the molecule is Cl.OC1CCC(Nc2nc(Nc3ccccc3)c3ccccc3n2)CC1. The van der Waals surface area contributed by atoms with Gasteiger partial charge in [-0.1, -0.05) is 30.3 Å². The molecule has 0 unspecified atom stereocenters. The van der Waals surface area contributed by atoms with Gasteiger partial charge < -0.3 is 15.7 Å². The number of nitrogens with one attached hydrogen (secondary N) is 2. The van der Waals surface area contributed by atoms with Crippen LogP contribution in [0.2, 0.25) is 0 Å². The first-order valence-corrected chi connectivity index (χ1v) is 8.81. The summed E-state index contributed by atoms with van der Waals surface area (Å²) in [6, 6.07) is 18.4. The van der Waals surface area contributed by atoms with E-state index >= 15 is 0 Å². The predicted octanol–water partition coefficient (Wildman–Crippen LogP) is 4.51. The minimum Gasteiger partial charge on any atom is -0.393 e. The lowest BCUT2D eigenvalue weighted by Crippen LogP contribution is -2.29. The van der Waals surface area contributed by atoms with Crippen LogP contribution in [0.4, 0.5) is 17.5 Å². The maximum Gasteiger partial charge on any atom is 0.225 e. The Labute approximate surface area is 159 Å². The second-order valence-corrected chi connectivity index (χ2v) is 6.55. The lowest BCUT2D eigenvalue weighted by molar-refractivity contribution is 0.126. The molecule has 4 rings (SSSR count). The highest BCUT2D eigenvalue weighted by Crippen LogP contribution is 2.27. The van der Waals surface area contributed by atoms with Crippen molar-refractivity contribution in [1.82, 2.24) is 9.97 Å². The minimum absolute atomic E-state index is 0. The van der Waals surface area contributed by atoms with Crippen LogP contribution in [-0.2, 0) is 0 Å². The number of para-hydroxylation sites is 2. The van der Waals surface area contributed by atoms with Crippen molar-refractivity contribution in [2.24, 2.45) is 0 Å². The third kappa shape index (κ3) is 4.23. The molecule has 2 aromatic carbocycles. The topological polar surface area (TPSA) is 70.1 Å². The van der Waals surface area contributed by atoms with Gasteiger partial charge in [0.05, 0.1) is 11.6 Å². The summed E-state index contributed by atoms with van der Waals surface area (Å²) in [5.74, 6) is 1.44. The molecule has 1 aromatic heterocycles. The third-order valence-electron chi connectivity index (χ3n) is 4.67. The van der Waals surface area contributed by atoms with Gasteiger partial charge in [-0.3, -0.25) is 0 Å². The fourth-order valence-corrected chi connectivity index (χ4v) is 3.30. The summed E-state index contributed by atoms with van der Waals surface area (Å²) in [4.78, 5) is 9.38. The maximum atomic E-state index is 9.67. The van der Waals surface area contributed by atoms with Crippen LogP contribution < -0.4 is 10.6 Å². The van der Waals surface area contributed by atoms with Gasteiger partial charge in [-0.05, 0) is 49.9 Å². The highest BCUT2D eigenvalue weighted by atomic mass is 35.5. The monoisotopic (exact) mass is 370 g/mol. The van der Waals surface area contributed by atoms with Crippen LogP contribution in [0.1, 0.15) is 25.7 Å². The number of nitrogens with zero attached hydrogens (tertiary/aromatic N) is 2. The summed E-state index contributed by atoms with van der Waals surface area (Å²) in [6.45, 7) is 0. The fraction of sp³-hybridized carbons (Fsp3) is 0.300. The van der Waals surface area contributed by atoms with Gasteiger partial charge >= 0.3 is 0 Å². The van der Waals surface area contributed by atoms with E-state index in [1.807, 2.05) is 54.6 Å². The molecule has 6 heteroatoms. The average Bonchev–Trinajstić information content (AvgIpc) is 2.65. The van der Waals surface area contributed by atoms with Crippen LogP contribution in [0.3, 0.4) is 0 Å². The Bertz CT molecular complexity index is 851. The largest absolute Gasteiger partial charge is 0.393 e. The highest BCUT2D eigenvalue weighted by molar-refractivity contribution is 5.91. The molecule has 1 fully saturated rings. The molecule has 0 spiro atoms. The van der Waals surface area contributed by atoms with Crippen molar-refractivity contribution in [1.29, 1.82) is 0 Å². The van der Waals surface area contributed by atoms with Crippen LogP contribution >= 0.6 is 12.4 Å². The van der Waals surface area contributed by atoms with Gasteiger partial charge in [-0.2, -0.15) is 4.98 Å². The molecule has 0 radical (unpaired) electrons. The molecule has 5 nitrogen and oxygen atoms in total. The van der Waals surface area contributed by atoms with Crippen molar-refractivity contribution in [3.63, 3.8) is 0 Å². The zero-order valence-electron chi connectivity index (χ0n) is 14.4.